The van der Waals surface area contributed by atoms with Crippen molar-refractivity contribution in [3.8, 4) is 157 Å². The van der Waals surface area contributed by atoms with Crippen LogP contribution < -0.4 is 0 Å². The second-order valence-corrected chi connectivity index (χ2v) is 29.6. The van der Waals surface area contributed by atoms with E-state index in [1.165, 1.54) is 33.4 Å². The molecule has 0 spiro atoms. The lowest BCUT2D eigenvalue weighted by Crippen LogP contribution is -1.97. The second-order valence-electron chi connectivity index (χ2n) is 29.6. The molecule has 8 heteroatoms. The normalized spacial score (nSPS) is 11.3. The molecule has 0 saturated carbocycles. The molecule has 0 unspecified atom stereocenters. The van der Waals surface area contributed by atoms with Crippen molar-refractivity contribution < 1.29 is 0 Å². The summed E-state index contributed by atoms with van der Waals surface area (Å²) in [7, 11) is 0. The molecule has 14 aromatic carbocycles. The van der Waals surface area contributed by atoms with Gasteiger partial charge in [-0.3, -0.25) is 0 Å². The van der Waals surface area contributed by atoms with Gasteiger partial charge in [0.25, 0.3) is 0 Å². The summed E-state index contributed by atoms with van der Waals surface area (Å²) in [5.41, 5.74) is 33.2. The molecule has 6 aromatic heterocycles. The number of benzene rings is 14. The van der Waals surface area contributed by atoms with Gasteiger partial charge in [0, 0.05) is 77.2 Å². The van der Waals surface area contributed by atoms with Gasteiger partial charge in [0.05, 0.1) is 67.6 Å². The van der Waals surface area contributed by atoms with E-state index in [4.69, 9.17) is 39.9 Å². The van der Waals surface area contributed by atoms with E-state index < -0.39 is 0 Å². The van der Waals surface area contributed by atoms with Gasteiger partial charge in [-0.15, -0.1) is 0 Å². The van der Waals surface area contributed by atoms with E-state index in [1.54, 1.807) is 0 Å². The Labute approximate surface area is 674 Å². The highest BCUT2D eigenvalue weighted by atomic mass is 14.9. The maximum atomic E-state index is 5.26. The SMILES string of the molecule is CC(C)c1cc(-c2ccccc2)nc2c1ccc1ccc(-c3ccc(-c4ccc(-c5nc(-c6ccccc6)cc(-c6ccc(-c7ccccc7)cc6)n5)cc4)cc3)nc12.Cc1cc(-c2ccccc2)nc2c1ccc1ccc(-c3ccc(-c4ccc(-c5cc(-c6ccc(-c7ccccc7)cc6)nc(-c6ccccc6)n5)cc4)cc3)nc12. The summed E-state index contributed by atoms with van der Waals surface area (Å²) >= 11 is 0. The average molecular weight is 1490 g/mol. The lowest BCUT2D eigenvalue weighted by Gasteiger charge is -2.14. The van der Waals surface area contributed by atoms with E-state index in [1.807, 2.05) is 60.7 Å². The van der Waals surface area contributed by atoms with E-state index in [9.17, 15) is 0 Å². The predicted octanol–water partition coefficient (Wildman–Crippen LogP) is 27.9. The number of hydrogen-bond acceptors (Lipinski definition) is 8. The predicted molar refractivity (Wildman–Crippen MR) is 480 cm³/mol. The third-order valence-electron chi connectivity index (χ3n) is 21.8. The maximum absolute atomic E-state index is 5.26. The van der Waals surface area contributed by atoms with E-state index in [-0.39, 0.29) is 0 Å². The van der Waals surface area contributed by atoms with Crippen molar-refractivity contribution >= 4 is 43.6 Å². The van der Waals surface area contributed by atoms with Gasteiger partial charge in [0.2, 0.25) is 0 Å². The van der Waals surface area contributed by atoms with Crippen LogP contribution in [0.1, 0.15) is 30.9 Å². The van der Waals surface area contributed by atoms with Crippen molar-refractivity contribution in [2.24, 2.45) is 0 Å². The molecule has 0 fully saturated rings. The smallest absolute Gasteiger partial charge is 0.160 e. The zero-order valence-corrected chi connectivity index (χ0v) is 64.3. The summed E-state index contributed by atoms with van der Waals surface area (Å²) in [6.45, 7) is 6.63. The van der Waals surface area contributed by atoms with Crippen LogP contribution in [0.3, 0.4) is 0 Å². The first-order valence-electron chi connectivity index (χ1n) is 39.4. The summed E-state index contributed by atoms with van der Waals surface area (Å²) in [5.74, 6) is 1.74. The minimum absolute atomic E-state index is 0.346. The Morgan fingerprint density at radius 1 is 0.172 bits per heavy atom. The molecular formula is C108H76N8. The molecule has 8 nitrogen and oxygen atoms in total. The van der Waals surface area contributed by atoms with Crippen molar-refractivity contribution in [2.75, 3.05) is 0 Å². The maximum Gasteiger partial charge on any atom is 0.160 e. The minimum atomic E-state index is 0.346. The van der Waals surface area contributed by atoms with Gasteiger partial charge in [0.1, 0.15) is 0 Å². The lowest BCUT2D eigenvalue weighted by molar-refractivity contribution is 0.875. The summed E-state index contributed by atoms with van der Waals surface area (Å²) in [6.07, 6.45) is 0. The van der Waals surface area contributed by atoms with Crippen molar-refractivity contribution in [2.45, 2.75) is 26.7 Å². The minimum Gasteiger partial charge on any atom is -0.245 e. The van der Waals surface area contributed by atoms with Crippen molar-refractivity contribution in [3.63, 3.8) is 0 Å². The first kappa shape index (κ1) is 71.2. The first-order valence-corrected chi connectivity index (χ1v) is 39.4. The third-order valence-corrected chi connectivity index (χ3v) is 21.8. The van der Waals surface area contributed by atoms with Crippen LogP contribution in [0.4, 0.5) is 0 Å². The fourth-order valence-electron chi connectivity index (χ4n) is 15.4. The average Bonchev–Trinajstić information content (AvgIpc) is 0.746. The van der Waals surface area contributed by atoms with E-state index >= 15 is 0 Å². The molecule has 0 aliphatic heterocycles. The molecule has 548 valence electrons. The highest BCUT2D eigenvalue weighted by molar-refractivity contribution is 6.07. The van der Waals surface area contributed by atoms with Crippen molar-refractivity contribution in [1.29, 1.82) is 0 Å². The Bertz CT molecular complexity index is 6930. The molecular weight excluding hydrogens is 1410 g/mol. The van der Waals surface area contributed by atoms with Crippen molar-refractivity contribution in [1.82, 2.24) is 39.9 Å². The van der Waals surface area contributed by atoms with Gasteiger partial charge in [-0.2, -0.15) is 0 Å². The fraction of sp³-hybridized carbons (Fsp3) is 0.0370. The van der Waals surface area contributed by atoms with Gasteiger partial charge in [-0.1, -0.05) is 378 Å². The van der Waals surface area contributed by atoms with E-state index in [0.29, 0.717) is 17.6 Å². The number of nitrogens with zero attached hydrogens (tertiary/aromatic N) is 8. The number of aryl methyl sites for hydroxylation is 1. The van der Waals surface area contributed by atoms with Crippen LogP contribution in [-0.4, -0.2) is 39.9 Å². The number of aromatic nitrogens is 8. The monoisotopic (exact) mass is 1480 g/mol. The molecule has 20 rings (SSSR count). The van der Waals surface area contributed by atoms with Crippen molar-refractivity contribution in [3.05, 3.63) is 412 Å². The summed E-state index contributed by atoms with van der Waals surface area (Å²) in [6, 6.07) is 140. The Hall–Kier alpha value is -15.1. The molecule has 0 aliphatic rings. The van der Waals surface area contributed by atoms with Crippen LogP contribution in [0.15, 0.2) is 400 Å². The summed E-state index contributed by atoms with van der Waals surface area (Å²) in [5, 5.41) is 4.43. The number of pyridine rings is 4. The van der Waals surface area contributed by atoms with Gasteiger partial charge >= 0.3 is 0 Å². The van der Waals surface area contributed by atoms with Crippen LogP contribution in [0.25, 0.3) is 201 Å². The van der Waals surface area contributed by atoms with Crippen LogP contribution in [0.5, 0.6) is 0 Å². The van der Waals surface area contributed by atoms with E-state index in [2.05, 4.69) is 360 Å². The third kappa shape index (κ3) is 14.8. The molecule has 0 aliphatic carbocycles. The first-order chi connectivity index (χ1) is 57.2. The van der Waals surface area contributed by atoms with Crippen LogP contribution >= 0.6 is 0 Å². The summed E-state index contributed by atoms with van der Waals surface area (Å²) in [4.78, 5) is 41.1. The second kappa shape index (κ2) is 31.6. The Kier molecular flexibility index (Phi) is 19.4. The zero-order valence-electron chi connectivity index (χ0n) is 64.3. The topological polar surface area (TPSA) is 103 Å². The van der Waals surface area contributed by atoms with Gasteiger partial charge < -0.3 is 0 Å². The van der Waals surface area contributed by atoms with Crippen LogP contribution in [0, 0.1) is 6.92 Å². The summed E-state index contributed by atoms with van der Waals surface area (Å²) < 4.78 is 0. The standard InChI is InChI=1S/C55H40N4.C53H36N4/c1-36(2)48-34-50(41-14-8-4-9-15-41)57-54-47(48)32-30-45-31-33-49(56-53(45)54)43-24-18-39(19-25-43)40-22-28-46(29-23-40)55-58-51(42-16-10-5-11-17-42)35-52(59-55)44-26-20-38(21-27-44)37-12-6-3-7-13-37;1-35-33-48(40-13-7-3-8-14-40)55-52-46(35)31-29-44-30-32-47(54-51(44)52)41-23-17-38(18-24-41)39-21-27-43(28-22-39)50-34-49(56-53(57-50)45-15-9-4-10-16-45)42-25-19-37(20-26-42)36-11-5-2-6-12-36/h3-36H,1-2H3;2-34H,1H3. The Morgan fingerprint density at radius 3 is 0.733 bits per heavy atom. The fourth-order valence-corrected chi connectivity index (χ4v) is 15.4. The molecule has 20 aromatic rings. The number of hydrogen-bond donors (Lipinski definition) is 0. The highest BCUT2D eigenvalue weighted by Crippen LogP contribution is 2.39. The van der Waals surface area contributed by atoms with Crippen LogP contribution in [0.2, 0.25) is 0 Å². The Balaban J connectivity index is 0.000000155. The number of fused-ring (bicyclic) bond motifs is 6. The molecule has 0 amide bonds. The van der Waals surface area contributed by atoms with E-state index in [0.717, 1.165) is 167 Å². The van der Waals surface area contributed by atoms with Gasteiger partial charge in [-0.25, -0.2) is 39.9 Å². The number of rotatable bonds is 15. The van der Waals surface area contributed by atoms with Gasteiger partial charge in [0.15, 0.2) is 11.6 Å². The van der Waals surface area contributed by atoms with Gasteiger partial charge in [-0.05, 0) is 105 Å². The highest BCUT2D eigenvalue weighted by Gasteiger charge is 2.19. The molecule has 0 radical (unpaired) electrons. The molecule has 0 bridgehead atoms. The largest absolute Gasteiger partial charge is 0.245 e. The molecule has 116 heavy (non-hydrogen) atoms. The molecule has 0 saturated heterocycles. The molecule has 0 N–H and O–H groups in total. The quantitative estimate of drug-likeness (QED) is 0.0935. The Morgan fingerprint density at radius 2 is 0.397 bits per heavy atom. The lowest BCUT2D eigenvalue weighted by atomic mass is 9.95. The zero-order chi connectivity index (χ0) is 77.8. The molecule has 6 heterocycles. The molecule has 0 atom stereocenters. The van der Waals surface area contributed by atoms with Crippen LogP contribution in [-0.2, 0) is 0 Å².